The lowest BCUT2D eigenvalue weighted by Crippen LogP contribution is -2.26. The summed E-state index contributed by atoms with van der Waals surface area (Å²) in [5.41, 5.74) is 0.956. The Kier molecular flexibility index (Phi) is 6.96. The Bertz CT molecular complexity index is 866. The third-order valence-corrected chi connectivity index (χ3v) is 4.69. The van der Waals surface area contributed by atoms with E-state index in [4.69, 9.17) is 4.74 Å². The van der Waals surface area contributed by atoms with Gasteiger partial charge in [0.25, 0.3) is 6.43 Å². The Morgan fingerprint density at radius 2 is 2.07 bits per heavy atom. The SMILES string of the molecule is CC(=O)N[C@@H](C)c1ccc(O[C@@H]2CCN(c3nc(NCC(F)F)ncc3F)C2)cc1. The Labute approximate surface area is 172 Å². The van der Waals surface area contributed by atoms with Gasteiger partial charge in [0.1, 0.15) is 11.9 Å². The third-order valence-electron chi connectivity index (χ3n) is 4.69. The van der Waals surface area contributed by atoms with Crippen LogP contribution in [-0.4, -0.2) is 48.0 Å². The highest BCUT2D eigenvalue weighted by Gasteiger charge is 2.27. The number of nitrogens with zero attached hydrogens (tertiary/aromatic N) is 3. The molecule has 1 aliphatic rings. The van der Waals surface area contributed by atoms with E-state index in [1.165, 1.54) is 6.92 Å². The molecule has 0 saturated carbocycles. The van der Waals surface area contributed by atoms with E-state index in [-0.39, 0.29) is 29.8 Å². The second kappa shape index (κ2) is 9.64. The van der Waals surface area contributed by atoms with Gasteiger partial charge < -0.3 is 20.3 Å². The van der Waals surface area contributed by atoms with Crippen molar-refractivity contribution in [2.75, 3.05) is 29.9 Å². The Balaban J connectivity index is 1.59. The van der Waals surface area contributed by atoms with Crippen LogP contribution in [0.4, 0.5) is 24.9 Å². The third kappa shape index (κ3) is 5.74. The summed E-state index contributed by atoms with van der Waals surface area (Å²) in [5.74, 6) is -0.0247. The zero-order chi connectivity index (χ0) is 21.7. The molecule has 162 valence electrons. The van der Waals surface area contributed by atoms with E-state index in [0.29, 0.717) is 25.3 Å². The molecule has 3 rings (SSSR count). The van der Waals surface area contributed by atoms with Gasteiger partial charge in [-0.15, -0.1) is 0 Å². The first-order chi connectivity index (χ1) is 14.3. The molecule has 30 heavy (non-hydrogen) atoms. The summed E-state index contributed by atoms with van der Waals surface area (Å²) in [6.07, 6.45) is -1.10. The van der Waals surface area contributed by atoms with Crippen LogP contribution in [0.3, 0.4) is 0 Å². The highest BCUT2D eigenvalue weighted by atomic mass is 19.3. The monoisotopic (exact) mass is 423 g/mol. The molecule has 10 heteroatoms. The van der Waals surface area contributed by atoms with Crippen molar-refractivity contribution in [2.45, 2.75) is 38.8 Å². The van der Waals surface area contributed by atoms with Crippen molar-refractivity contribution in [2.24, 2.45) is 0 Å². The van der Waals surface area contributed by atoms with Crippen LogP contribution in [0.5, 0.6) is 5.75 Å². The molecule has 2 atom stereocenters. The summed E-state index contributed by atoms with van der Waals surface area (Å²) in [6, 6.07) is 7.32. The Hall–Kier alpha value is -3.04. The molecule has 2 heterocycles. The highest BCUT2D eigenvalue weighted by molar-refractivity contribution is 5.73. The normalized spacial score (nSPS) is 17.1. The zero-order valence-electron chi connectivity index (χ0n) is 16.7. The number of hydrogen-bond donors (Lipinski definition) is 2. The van der Waals surface area contributed by atoms with Crippen molar-refractivity contribution in [3.05, 3.63) is 41.8 Å². The van der Waals surface area contributed by atoms with E-state index in [2.05, 4.69) is 20.6 Å². The number of amides is 1. The lowest BCUT2D eigenvalue weighted by atomic mass is 10.1. The molecule has 1 fully saturated rings. The fraction of sp³-hybridized carbons (Fsp3) is 0.450. The second-order valence-corrected chi connectivity index (χ2v) is 7.10. The van der Waals surface area contributed by atoms with E-state index in [0.717, 1.165) is 11.8 Å². The van der Waals surface area contributed by atoms with Crippen molar-refractivity contribution in [1.82, 2.24) is 15.3 Å². The van der Waals surface area contributed by atoms with Gasteiger partial charge in [-0.2, -0.15) is 4.98 Å². The minimum absolute atomic E-state index is 0.0417. The van der Waals surface area contributed by atoms with Crippen LogP contribution in [-0.2, 0) is 4.79 Å². The quantitative estimate of drug-likeness (QED) is 0.679. The number of carbonyl (C=O) groups excluding carboxylic acids is 1. The number of halogens is 3. The van der Waals surface area contributed by atoms with Crippen LogP contribution in [0.2, 0.25) is 0 Å². The molecule has 0 bridgehead atoms. The smallest absolute Gasteiger partial charge is 0.255 e. The molecule has 1 aromatic carbocycles. The second-order valence-electron chi connectivity index (χ2n) is 7.10. The fourth-order valence-corrected chi connectivity index (χ4v) is 3.27. The average molecular weight is 423 g/mol. The van der Waals surface area contributed by atoms with Crippen molar-refractivity contribution in [3.63, 3.8) is 0 Å². The van der Waals surface area contributed by atoms with Gasteiger partial charge >= 0.3 is 0 Å². The van der Waals surface area contributed by atoms with Crippen LogP contribution in [0, 0.1) is 5.82 Å². The molecule has 0 spiro atoms. The van der Waals surface area contributed by atoms with Crippen molar-refractivity contribution in [3.8, 4) is 5.75 Å². The maximum atomic E-state index is 14.2. The van der Waals surface area contributed by atoms with Crippen LogP contribution >= 0.6 is 0 Å². The fourth-order valence-electron chi connectivity index (χ4n) is 3.27. The standard InChI is InChI=1S/C20H24F3N5O2/c1-12(26-13(2)29)14-3-5-15(6-4-14)30-16-7-8-28(11-16)19-17(21)9-24-20(27-19)25-10-18(22)23/h3-6,9,12,16,18H,7-8,10-11H2,1-2H3,(H,26,29)(H,24,25,27)/t12-,16+/m0/s1. The van der Waals surface area contributed by atoms with Crippen molar-refractivity contribution >= 4 is 17.7 Å². The molecule has 2 aromatic rings. The molecule has 1 saturated heterocycles. The minimum Gasteiger partial charge on any atom is -0.489 e. The van der Waals surface area contributed by atoms with E-state index < -0.39 is 18.8 Å². The molecular weight excluding hydrogens is 399 g/mol. The topological polar surface area (TPSA) is 79.4 Å². The van der Waals surface area contributed by atoms with Crippen LogP contribution in [0.15, 0.2) is 30.5 Å². The number of carbonyl (C=O) groups is 1. The molecule has 2 N–H and O–H groups in total. The van der Waals surface area contributed by atoms with Gasteiger partial charge in [0, 0.05) is 19.9 Å². The van der Waals surface area contributed by atoms with Gasteiger partial charge in [0.2, 0.25) is 11.9 Å². The van der Waals surface area contributed by atoms with Gasteiger partial charge in [0.05, 0.1) is 25.3 Å². The lowest BCUT2D eigenvalue weighted by Gasteiger charge is -2.19. The predicted molar refractivity (Wildman–Crippen MR) is 106 cm³/mol. The number of rotatable bonds is 8. The number of ether oxygens (including phenoxy) is 1. The first kappa shape index (κ1) is 21.7. The van der Waals surface area contributed by atoms with Gasteiger partial charge in [0.15, 0.2) is 11.6 Å². The van der Waals surface area contributed by atoms with E-state index in [9.17, 15) is 18.0 Å². The first-order valence-electron chi connectivity index (χ1n) is 9.65. The number of hydrogen-bond acceptors (Lipinski definition) is 6. The summed E-state index contributed by atoms with van der Waals surface area (Å²) < 4.78 is 44.8. The molecule has 1 aliphatic heterocycles. The summed E-state index contributed by atoms with van der Waals surface area (Å²) in [5, 5.41) is 5.21. The Morgan fingerprint density at radius 3 is 2.73 bits per heavy atom. The predicted octanol–water partition coefficient (Wildman–Crippen LogP) is 3.15. The maximum absolute atomic E-state index is 14.2. The molecule has 0 radical (unpaired) electrons. The van der Waals surface area contributed by atoms with Gasteiger partial charge in [-0.3, -0.25) is 4.79 Å². The molecule has 7 nitrogen and oxygen atoms in total. The van der Waals surface area contributed by atoms with Crippen LogP contribution in [0.1, 0.15) is 31.9 Å². The average Bonchev–Trinajstić information content (AvgIpc) is 3.15. The van der Waals surface area contributed by atoms with Gasteiger partial charge in [-0.1, -0.05) is 12.1 Å². The molecule has 1 aromatic heterocycles. The summed E-state index contributed by atoms with van der Waals surface area (Å²) >= 11 is 0. The van der Waals surface area contributed by atoms with Crippen LogP contribution in [0.25, 0.3) is 0 Å². The Morgan fingerprint density at radius 1 is 1.33 bits per heavy atom. The number of aromatic nitrogens is 2. The van der Waals surface area contributed by atoms with Crippen molar-refractivity contribution < 1.29 is 22.7 Å². The summed E-state index contributed by atoms with van der Waals surface area (Å²) in [4.78, 5) is 20.6. The van der Waals surface area contributed by atoms with E-state index in [1.54, 1.807) is 4.90 Å². The molecule has 1 amide bonds. The maximum Gasteiger partial charge on any atom is 0.255 e. The minimum atomic E-state index is -2.56. The number of nitrogens with one attached hydrogen (secondary N) is 2. The molecular formula is C20H24F3N5O2. The number of benzene rings is 1. The lowest BCUT2D eigenvalue weighted by molar-refractivity contribution is -0.119. The highest BCUT2D eigenvalue weighted by Crippen LogP contribution is 2.26. The van der Waals surface area contributed by atoms with Crippen molar-refractivity contribution in [1.29, 1.82) is 0 Å². The first-order valence-corrected chi connectivity index (χ1v) is 9.65. The number of anilines is 2. The van der Waals surface area contributed by atoms with E-state index >= 15 is 0 Å². The number of alkyl halides is 2. The van der Waals surface area contributed by atoms with Crippen LogP contribution < -0.4 is 20.3 Å². The largest absolute Gasteiger partial charge is 0.489 e. The van der Waals surface area contributed by atoms with E-state index in [1.807, 2.05) is 31.2 Å². The van der Waals surface area contributed by atoms with Gasteiger partial charge in [-0.05, 0) is 24.6 Å². The zero-order valence-corrected chi connectivity index (χ0v) is 16.7. The molecule has 0 aliphatic carbocycles. The molecule has 0 unspecified atom stereocenters. The van der Waals surface area contributed by atoms with Gasteiger partial charge in [-0.25, -0.2) is 18.2 Å². The summed E-state index contributed by atoms with van der Waals surface area (Å²) in [6.45, 7) is 3.69. The summed E-state index contributed by atoms with van der Waals surface area (Å²) in [7, 11) is 0.